The third kappa shape index (κ3) is 5.94. The fourth-order valence-corrected chi connectivity index (χ4v) is 6.59. The molecule has 2 N–H and O–H groups in total. The van der Waals surface area contributed by atoms with E-state index in [0.29, 0.717) is 65.3 Å². The van der Waals surface area contributed by atoms with Gasteiger partial charge in [0.15, 0.2) is 23.1 Å². The molecule has 2 aromatic rings. The van der Waals surface area contributed by atoms with Crippen LogP contribution in [0.1, 0.15) is 80.8 Å². The van der Waals surface area contributed by atoms with Crippen LogP contribution in [0.15, 0.2) is 65.0 Å². The molecule has 0 aromatic heterocycles. The molecule has 0 saturated carbocycles. The molecule has 0 atom stereocenters. The highest BCUT2D eigenvalue weighted by atomic mass is 16.5. The minimum absolute atomic E-state index is 0.0834. The maximum Gasteiger partial charge on any atom is 0.335 e. The van der Waals surface area contributed by atoms with Crippen molar-refractivity contribution in [3.63, 3.8) is 0 Å². The first-order valence-corrected chi connectivity index (χ1v) is 14.3. The van der Waals surface area contributed by atoms with Gasteiger partial charge < -0.3 is 24.6 Å². The lowest BCUT2D eigenvalue weighted by atomic mass is 9.63. The smallest absolute Gasteiger partial charge is 0.335 e. The molecule has 1 heterocycles. The standard InChI is InChI=1S/C34H37NO8/c1-33(2)13-22-30(24(36)15-33)29(31-23(35(22)17-28(38)39)14-34(3,4)16-25(31)37)21-10-11-26(27(12-21)42-5)43-18-19-6-8-20(9-7-19)32(40)41/h6-12,29H,13-18H2,1-5H3,(H,38,39)(H,40,41). The average Bonchev–Trinajstić information content (AvgIpc) is 2.91. The maximum atomic E-state index is 13.9. The Balaban J connectivity index is 1.59. The van der Waals surface area contributed by atoms with Crippen LogP contribution in [-0.4, -0.2) is 52.3 Å². The lowest BCUT2D eigenvalue weighted by Gasteiger charge is -2.48. The van der Waals surface area contributed by atoms with Gasteiger partial charge in [-0.3, -0.25) is 14.4 Å². The van der Waals surface area contributed by atoms with E-state index in [-0.39, 0.29) is 41.1 Å². The molecule has 43 heavy (non-hydrogen) atoms. The van der Waals surface area contributed by atoms with Gasteiger partial charge in [-0.05, 0) is 59.1 Å². The van der Waals surface area contributed by atoms with Gasteiger partial charge in [-0.2, -0.15) is 0 Å². The topological polar surface area (TPSA) is 130 Å². The van der Waals surface area contributed by atoms with Gasteiger partial charge in [-0.1, -0.05) is 45.9 Å². The number of carboxylic acids is 2. The second kappa shape index (κ2) is 11.0. The molecular formula is C34H37NO8. The molecule has 9 nitrogen and oxygen atoms in total. The average molecular weight is 588 g/mol. The van der Waals surface area contributed by atoms with Gasteiger partial charge in [-0.25, -0.2) is 4.79 Å². The number of nitrogens with zero attached hydrogens (tertiary/aromatic N) is 1. The number of aromatic carboxylic acids is 1. The minimum atomic E-state index is -1.02. The summed E-state index contributed by atoms with van der Waals surface area (Å²) in [7, 11) is 1.51. The molecule has 0 saturated heterocycles. The van der Waals surface area contributed by atoms with E-state index < -0.39 is 17.9 Å². The van der Waals surface area contributed by atoms with E-state index >= 15 is 0 Å². The first-order valence-electron chi connectivity index (χ1n) is 14.3. The Morgan fingerprint density at radius 1 is 0.837 bits per heavy atom. The summed E-state index contributed by atoms with van der Waals surface area (Å²) in [4.78, 5) is 52.7. The van der Waals surface area contributed by atoms with Crippen LogP contribution in [0.2, 0.25) is 0 Å². The number of benzene rings is 2. The Bertz CT molecular complexity index is 1520. The van der Waals surface area contributed by atoms with E-state index in [1.807, 2.05) is 33.8 Å². The number of allylic oxidation sites excluding steroid dienone is 4. The first-order chi connectivity index (χ1) is 20.2. The Morgan fingerprint density at radius 2 is 1.40 bits per heavy atom. The van der Waals surface area contributed by atoms with E-state index in [1.165, 1.54) is 19.2 Å². The Hall–Kier alpha value is -4.40. The molecule has 5 rings (SSSR count). The third-order valence-corrected chi connectivity index (χ3v) is 8.43. The first kappa shape index (κ1) is 30.1. The lowest BCUT2D eigenvalue weighted by molar-refractivity contribution is -0.138. The molecule has 1 aliphatic heterocycles. The van der Waals surface area contributed by atoms with Crippen molar-refractivity contribution >= 4 is 23.5 Å². The van der Waals surface area contributed by atoms with Gasteiger partial charge in [-0.15, -0.1) is 0 Å². The maximum absolute atomic E-state index is 13.9. The molecule has 0 unspecified atom stereocenters. The number of ether oxygens (including phenoxy) is 2. The van der Waals surface area contributed by atoms with Crippen LogP contribution < -0.4 is 9.47 Å². The van der Waals surface area contributed by atoms with Crippen molar-refractivity contribution in [3.8, 4) is 11.5 Å². The largest absolute Gasteiger partial charge is 0.493 e. The summed E-state index contributed by atoms with van der Waals surface area (Å²) in [5.41, 5.74) is 3.28. The van der Waals surface area contributed by atoms with Crippen molar-refractivity contribution in [1.82, 2.24) is 4.90 Å². The number of carboxylic acid groups (broad SMARTS) is 2. The van der Waals surface area contributed by atoms with Crippen molar-refractivity contribution in [2.75, 3.05) is 13.7 Å². The summed E-state index contributed by atoms with van der Waals surface area (Å²) in [5, 5.41) is 19.0. The number of rotatable bonds is 8. The van der Waals surface area contributed by atoms with Gasteiger partial charge in [0, 0.05) is 41.3 Å². The molecule has 0 amide bonds. The van der Waals surface area contributed by atoms with E-state index in [0.717, 1.165) is 5.56 Å². The third-order valence-electron chi connectivity index (χ3n) is 8.43. The number of hydrogen-bond donors (Lipinski definition) is 2. The van der Waals surface area contributed by atoms with E-state index in [9.17, 15) is 24.3 Å². The predicted molar refractivity (Wildman–Crippen MR) is 158 cm³/mol. The minimum Gasteiger partial charge on any atom is -0.493 e. The van der Waals surface area contributed by atoms with Gasteiger partial charge in [0.1, 0.15) is 13.2 Å². The zero-order valence-electron chi connectivity index (χ0n) is 25.2. The van der Waals surface area contributed by atoms with Gasteiger partial charge in [0.2, 0.25) is 0 Å². The van der Waals surface area contributed by atoms with Crippen LogP contribution in [0.25, 0.3) is 0 Å². The van der Waals surface area contributed by atoms with Crippen LogP contribution in [0.5, 0.6) is 11.5 Å². The number of hydrogen-bond acceptors (Lipinski definition) is 7. The predicted octanol–water partition coefficient (Wildman–Crippen LogP) is 5.74. The molecule has 0 spiro atoms. The fraction of sp³-hybridized carbons (Fsp3) is 0.412. The molecule has 0 fully saturated rings. The highest BCUT2D eigenvalue weighted by Crippen LogP contribution is 2.54. The van der Waals surface area contributed by atoms with E-state index in [1.54, 1.807) is 29.2 Å². The van der Waals surface area contributed by atoms with Crippen molar-refractivity contribution in [2.24, 2.45) is 10.8 Å². The molecule has 0 bridgehead atoms. The fourth-order valence-electron chi connectivity index (χ4n) is 6.59. The normalized spacial score (nSPS) is 19.6. The van der Waals surface area contributed by atoms with Crippen molar-refractivity contribution in [3.05, 3.63) is 81.7 Å². The van der Waals surface area contributed by atoms with Crippen molar-refractivity contribution < 1.29 is 38.9 Å². The molecular weight excluding hydrogens is 550 g/mol. The quantitative estimate of drug-likeness (QED) is 0.397. The van der Waals surface area contributed by atoms with Crippen molar-refractivity contribution in [2.45, 2.75) is 65.9 Å². The van der Waals surface area contributed by atoms with Crippen LogP contribution in [-0.2, 0) is 21.0 Å². The molecule has 0 radical (unpaired) electrons. The van der Waals surface area contributed by atoms with E-state index in [2.05, 4.69) is 0 Å². The van der Waals surface area contributed by atoms with Crippen LogP contribution in [0.4, 0.5) is 0 Å². The van der Waals surface area contributed by atoms with Crippen LogP contribution >= 0.6 is 0 Å². The molecule has 9 heteroatoms. The summed E-state index contributed by atoms with van der Waals surface area (Å²) in [6.07, 6.45) is 1.62. The Labute approximate surface area is 250 Å². The van der Waals surface area contributed by atoms with Crippen LogP contribution in [0, 0.1) is 10.8 Å². The summed E-state index contributed by atoms with van der Waals surface area (Å²) in [6, 6.07) is 11.8. The second-order valence-electron chi connectivity index (χ2n) is 13.2. The zero-order chi connectivity index (χ0) is 31.3. The number of aliphatic carboxylic acids is 1. The molecule has 226 valence electrons. The number of carbonyl (C=O) groups is 4. The number of ketones is 2. The van der Waals surface area contributed by atoms with Gasteiger partial charge >= 0.3 is 11.9 Å². The van der Waals surface area contributed by atoms with E-state index in [4.69, 9.17) is 14.6 Å². The highest BCUT2D eigenvalue weighted by Gasteiger charge is 2.49. The SMILES string of the molecule is COc1cc(C2C3=C(CC(C)(C)CC3=O)N(CC(=O)O)C3=C2C(=O)CC(C)(C)C3)ccc1OCc1ccc(C(=O)O)cc1. The Kier molecular flexibility index (Phi) is 7.71. The Morgan fingerprint density at radius 3 is 1.88 bits per heavy atom. The summed E-state index contributed by atoms with van der Waals surface area (Å²) < 4.78 is 11.7. The number of carbonyl (C=O) groups excluding carboxylic acids is 2. The molecule has 2 aliphatic carbocycles. The monoisotopic (exact) mass is 587 g/mol. The van der Waals surface area contributed by atoms with Crippen LogP contribution in [0.3, 0.4) is 0 Å². The van der Waals surface area contributed by atoms with Gasteiger partial charge in [0.25, 0.3) is 0 Å². The zero-order valence-corrected chi connectivity index (χ0v) is 25.2. The second-order valence-corrected chi connectivity index (χ2v) is 13.2. The summed E-state index contributed by atoms with van der Waals surface area (Å²) in [5.74, 6) is -1.97. The number of Topliss-reactive ketones (excluding diaryl/α,β-unsaturated/α-hetero) is 2. The lowest BCUT2D eigenvalue weighted by Crippen LogP contribution is -2.45. The van der Waals surface area contributed by atoms with Crippen molar-refractivity contribution in [1.29, 1.82) is 0 Å². The summed E-state index contributed by atoms with van der Waals surface area (Å²) in [6.45, 7) is 7.88. The highest BCUT2D eigenvalue weighted by molar-refractivity contribution is 6.07. The number of methoxy groups -OCH3 is 1. The molecule has 2 aromatic carbocycles. The summed E-state index contributed by atoms with van der Waals surface area (Å²) >= 11 is 0. The molecule has 3 aliphatic rings. The van der Waals surface area contributed by atoms with Gasteiger partial charge in [0.05, 0.1) is 12.7 Å².